The molecule has 0 aliphatic carbocycles. The Morgan fingerprint density at radius 1 is 1.21 bits per heavy atom. The van der Waals surface area contributed by atoms with Gasteiger partial charge in [-0.25, -0.2) is 0 Å². The lowest BCUT2D eigenvalue weighted by Gasteiger charge is -2.42. The molecule has 2 aliphatic heterocycles. The molecule has 3 heterocycles. The maximum atomic E-state index is 11.1. The first kappa shape index (κ1) is 20.5. The van der Waals surface area contributed by atoms with E-state index in [1.807, 2.05) is 24.4 Å². The lowest BCUT2D eigenvalue weighted by Crippen LogP contribution is -2.45. The van der Waals surface area contributed by atoms with E-state index in [4.69, 9.17) is 33.3 Å². The van der Waals surface area contributed by atoms with E-state index in [0.29, 0.717) is 16.0 Å². The first-order valence-electron chi connectivity index (χ1n) is 10.0. The number of hydrogen-bond donors (Lipinski definition) is 1. The molecule has 29 heavy (non-hydrogen) atoms. The van der Waals surface area contributed by atoms with Crippen LogP contribution >= 0.6 is 23.2 Å². The molecule has 0 amide bonds. The summed E-state index contributed by atoms with van der Waals surface area (Å²) in [6.07, 6.45) is 3.44. The predicted molar refractivity (Wildman–Crippen MR) is 116 cm³/mol. The SMILES string of the molecule is Cc1cc(CN2CCC(C(=O)O)CC2)ncc1C1CN(c2c(Cl)cccc2Cl)C1. The Bertz CT molecular complexity index is 887. The van der Waals surface area contributed by atoms with Crippen LogP contribution < -0.4 is 4.90 Å². The lowest BCUT2D eigenvalue weighted by atomic mass is 9.89. The Morgan fingerprint density at radius 2 is 1.86 bits per heavy atom. The van der Waals surface area contributed by atoms with E-state index in [1.165, 1.54) is 11.1 Å². The third-order valence-electron chi connectivity index (χ3n) is 6.11. The van der Waals surface area contributed by atoms with Crippen LogP contribution in [0.3, 0.4) is 0 Å². The van der Waals surface area contributed by atoms with Crippen LogP contribution in [0, 0.1) is 12.8 Å². The Balaban J connectivity index is 1.36. The highest BCUT2D eigenvalue weighted by atomic mass is 35.5. The number of rotatable bonds is 5. The van der Waals surface area contributed by atoms with Gasteiger partial charge < -0.3 is 10.0 Å². The molecule has 1 aromatic carbocycles. The molecule has 0 radical (unpaired) electrons. The normalized spacial score (nSPS) is 18.7. The number of benzene rings is 1. The van der Waals surface area contributed by atoms with Gasteiger partial charge in [0, 0.05) is 31.7 Å². The number of aromatic nitrogens is 1. The molecule has 1 N–H and O–H groups in total. The molecule has 7 heteroatoms. The molecule has 0 unspecified atom stereocenters. The maximum Gasteiger partial charge on any atom is 0.306 e. The van der Waals surface area contributed by atoms with Crippen molar-refractivity contribution in [3.8, 4) is 0 Å². The third-order valence-corrected chi connectivity index (χ3v) is 6.72. The van der Waals surface area contributed by atoms with Gasteiger partial charge in [-0.15, -0.1) is 0 Å². The third kappa shape index (κ3) is 4.37. The first-order chi connectivity index (χ1) is 13.9. The van der Waals surface area contributed by atoms with Crippen LogP contribution in [-0.4, -0.2) is 47.1 Å². The van der Waals surface area contributed by atoms with Crippen molar-refractivity contribution in [1.82, 2.24) is 9.88 Å². The Morgan fingerprint density at radius 3 is 2.45 bits per heavy atom. The highest BCUT2D eigenvalue weighted by Gasteiger charge is 2.32. The zero-order valence-electron chi connectivity index (χ0n) is 16.4. The van der Waals surface area contributed by atoms with Gasteiger partial charge in [-0.2, -0.15) is 0 Å². The number of halogens is 2. The van der Waals surface area contributed by atoms with Crippen LogP contribution in [0.15, 0.2) is 30.5 Å². The van der Waals surface area contributed by atoms with Crippen LogP contribution in [0.4, 0.5) is 5.69 Å². The molecule has 2 aliphatic rings. The van der Waals surface area contributed by atoms with Gasteiger partial charge in [0.05, 0.1) is 27.3 Å². The van der Waals surface area contributed by atoms with E-state index in [2.05, 4.69) is 22.8 Å². The number of anilines is 1. The molecular formula is C22H25Cl2N3O2. The minimum atomic E-state index is -0.671. The van der Waals surface area contributed by atoms with Gasteiger partial charge in [-0.3, -0.25) is 14.7 Å². The first-order valence-corrected chi connectivity index (χ1v) is 10.8. The van der Waals surface area contributed by atoms with Crippen LogP contribution in [0.1, 0.15) is 35.6 Å². The maximum absolute atomic E-state index is 11.1. The molecule has 0 atom stereocenters. The fourth-order valence-electron chi connectivity index (χ4n) is 4.35. The number of aryl methyl sites for hydroxylation is 1. The summed E-state index contributed by atoms with van der Waals surface area (Å²) in [6, 6.07) is 7.78. The highest BCUT2D eigenvalue weighted by Crippen LogP contribution is 2.40. The monoisotopic (exact) mass is 433 g/mol. The van der Waals surface area contributed by atoms with Crippen LogP contribution in [0.2, 0.25) is 10.0 Å². The van der Waals surface area contributed by atoms with E-state index >= 15 is 0 Å². The van der Waals surface area contributed by atoms with Gasteiger partial charge in [0.25, 0.3) is 0 Å². The van der Waals surface area contributed by atoms with E-state index < -0.39 is 5.97 Å². The molecule has 4 rings (SSSR count). The van der Waals surface area contributed by atoms with E-state index in [9.17, 15) is 4.79 Å². The summed E-state index contributed by atoms with van der Waals surface area (Å²) in [5, 5.41) is 10.5. The van der Waals surface area contributed by atoms with Crippen molar-refractivity contribution in [3.63, 3.8) is 0 Å². The summed E-state index contributed by atoms with van der Waals surface area (Å²) < 4.78 is 0. The smallest absolute Gasteiger partial charge is 0.306 e. The fourth-order valence-corrected chi connectivity index (χ4v) is 4.99. The molecule has 2 aromatic rings. The minimum Gasteiger partial charge on any atom is -0.481 e. The van der Waals surface area contributed by atoms with E-state index in [1.54, 1.807) is 0 Å². The van der Waals surface area contributed by atoms with Crippen LogP contribution in [0.5, 0.6) is 0 Å². The van der Waals surface area contributed by atoms with E-state index in [-0.39, 0.29) is 5.92 Å². The number of nitrogens with zero attached hydrogens (tertiary/aromatic N) is 3. The predicted octanol–water partition coefficient (Wildman–Crippen LogP) is 4.60. The number of carbonyl (C=O) groups is 1. The Kier molecular flexibility index (Phi) is 6.00. The van der Waals surface area contributed by atoms with Gasteiger partial charge in [0.15, 0.2) is 0 Å². The summed E-state index contributed by atoms with van der Waals surface area (Å²) in [6.45, 7) is 6.31. The number of carboxylic acid groups (broad SMARTS) is 1. The van der Waals surface area contributed by atoms with Gasteiger partial charge in [0.2, 0.25) is 0 Å². The van der Waals surface area contributed by atoms with Crippen LogP contribution in [-0.2, 0) is 11.3 Å². The molecule has 0 saturated carbocycles. The highest BCUT2D eigenvalue weighted by molar-refractivity contribution is 6.39. The summed E-state index contributed by atoms with van der Waals surface area (Å²) in [7, 11) is 0. The number of para-hydroxylation sites is 1. The second-order valence-electron chi connectivity index (χ2n) is 8.09. The van der Waals surface area contributed by atoms with Crippen molar-refractivity contribution in [2.75, 3.05) is 31.1 Å². The number of aliphatic carboxylic acids is 1. The van der Waals surface area contributed by atoms with Crippen molar-refractivity contribution >= 4 is 34.9 Å². The average molecular weight is 434 g/mol. The van der Waals surface area contributed by atoms with Crippen molar-refractivity contribution in [1.29, 1.82) is 0 Å². The summed E-state index contributed by atoms with van der Waals surface area (Å²) in [4.78, 5) is 20.3. The quantitative estimate of drug-likeness (QED) is 0.746. The van der Waals surface area contributed by atoms with Gasteiger partial charge in [-0.05, 0) is 62.2 Å². The molecule has 2 saturated heterocycles. The van der Waals surface area contributed by atoms with E-state index in [0.717, 1.165) is 56.9 Å². The largest absolute Gasteiger partial charge is 0.481 e. The standard InChI is InChI=1S/C22H25Cl2N3O2/c1-14-9-17(13-26-7-5-15(6-8-26)22(28)29)25-10-18(14)16-11-27(12-16)21-19(23)3-2-4-20(21)24/h2-4,9-10,15-16H,5-8,11-13H2,1H3,(H,28,29). The molecule has 154 valence electrons. The van der Waals surface area contributed by atoms with Gasteiger partial charge >= 0.3 is 5.97 Å². The molecule has 2 fully saturated rings. The van der Waals surface area contributed by atoms with Crippen molar-refractivity contribution in [2.24, 2.45) is 5.92 Å². The number of pyridine rings is 1. The molecule has 0 bridgehead atoms. The number of carboxylic acids is 1. The number of hydrogen-bond acceptors (Lipinski definition) is 4. The van der Waals surface area contributed by atoms with Gasteiger partial charge in [-0.1, -0.05) is 29.3 Å². The van der Waals surface area contributed by atoms with Crippen molar-refractivity contribution < 1.29 is 9.90 Å². The van der Waals surface area contributed by atoms with Crippen LogP contribution in [0.25, 0.3) is 0 Å². The van der Waals surface area contributed by atoms with Gasteiger partial charge in [0.1, 0.15) is 0 Å². The molecule has 5 nitrogen and oxygen atoms in total. The fraction of sp³-hybridized carbons (Fsp3) is 0.455. The summed E-state index contributed by atoms with van der Waals surface area (Å²) >= 11 is 12.7. The zero-order valence-corrected chi connectivity index (χ0v) is 18.0. The van der Waals surface area contributed by atoms with Crippen molar-refractivity contribution in [2.45, 2.75) is 32.2 Å². The molecular weight excluding hydrogens is 409 g/mol. The Labute approximate surface area is 181 Å². The van der Waals surface area contributed by atoms with Crippen molar-refractivity contribution in [3.05, 3.63) is 57.3 Å². The second kappa shape index (κ2) is 8.50. The summed E-state index contributed by atoms with van der Waals surface area (Å²) in [5.74, 6) is -0.442. The molecule has 0 spiro atoms. The zero-order chi connectivity index (χ0) is 20.5. The summed E-state index contributed by atoms with van der Waals surface area (Å²) in [5.41, 5.74) is 4.49. The number of likely N-dealkylation sites (tertiary alicyclic amines) is 1. The molecule has 1 aromatic heterocycles. The average Bonchev–Trinajstić information content (AvgIpc) is 2.64. The Hall–Kier alpha value is -1.82. The second-order valence-corrected chi connectivity index (χ2v) is 8.91. The lowest BCUT2D eigenvalue weighted by molar-refractivity contribution is -0.143. The topological polar surface area (TPSA) is 56.7 Å². The minimum absolute atomic E-state index is 0.198. The number of piperidine rings is 1.